The third-order valence-electron chi connectivity index (χ3n) is 3.13. The van der Waals surface area contributed by atoms with E-state index < -0.39 is 0 Å². The molecule has 0 saturated carbocycles. The van der Waals surface area contributed by atoms with Crippen molar-refractivity contribution in [3.8, 4) is 0 Å². The summed E-state index contributed by atoms with van der Waals surface area (Å²) >= 11 is 6.03. The number of nitrogens with zero attached hydrogens (tertiary/aromatic N) is 2. The van der Waals surface area contributed by atoms with Gasteiger partial charge in [-0.25, -0.2) is 9.97 Å². The van der Waals surface area contributed by atoms with E-state index >= 15 is 0 Å². The molecule has 0 saturated heterocycles. The number of benzene rings is 1. The van der Waals surface area contributed by atoms with Crippen LogP contribution < -0.4 is 10.6 Å². The summed E-state index contributed by atoms with van der Waals surface area (Å²) in [5.41, 5.74) is 2.14. The van der Waals surface area contributed by atoms with Crippen molar-refractivity contribution in [1.29, 1.82) is 0 Å². The maximum atomic E-state index is 6.03. The molecule has 1 unspecified atom stereocenters. The maximum Gasteiger partial charge on any atom is 0.134 e. The van der Waals surface area contributed by atoms with Crippen LogP contribution in [0.5, 0.6) is 0 Å². The van der Waals surface area contributed by atoms with Crippen LogP contribution in [0.15, 0.2) is 30.6 Å². The van der Waals surface area contributed by atoms with Crippen LogP contribution in [-0.2, 0) is 0 Å². The molecule has 5 heteroatoms. The van der Waals surface area contributed by atoms with Gasteiger partial charge in [0.15, 0.2) is 0 Å². The number of aromatic nitrogens is 2. The number of hydrogen-bond donors (Lipinski definition) is 2. The molecule has 0 aliphatic rings. The van der Waals surface area contributed by atoms with E-state index in [1.54, 1.807) is 6.33 Å². The minimum Gasteiger partial charge on any atom is -0.370 e. The molecular formula is C15H19ClN4. The molecule has 0 radical (unpaired) electrons. The maximum absolute atomic E-state index is 6.03. The summed E-state index contributed by atoms with van der Waals surface area (Å²) in [6, 6.07) is 7.95. The third-order valence-corrected chi connectivity index (χ3v) is 3.37. The predicted molar refractivity (Wildman–Crippen MR) is 84.4 cm³/mol. The lowest BCUT2D eigenvalue weighted by Crippen LogP contribution is -2.11. The Balaban J connectivity index is 2.19. The molecule has 2 rings (SSSR count). The molecule has 106 valence electrons. The first-order chi connectivity index (χ1) is 9.61. The molecular weight excluding hydrogens is 272 g/mol. The van der Waals surface area contributed by atoms with E-state index in [2.05, 4.69) is 27.5 Å². The second kappa shape index (κ2) is 6.57. The average molecular weight is 291 g/mol. The van der Waals surface area contributed by atoms with Crippen LogP contribution in [0.1, 0.15) is 31.0 Å². The van der Waals surface area contributed by atoms with E-state index in [4.69, 9.17) is 11.6 Å². The zero-order valence-corrected chi connectivity index (χ0v) is 12.7. The standard InChI is InChI=1S/C15H19ClN4/c1-4-17-14-10(2)15(19-9-18-14)20-11(3)12-6-5-7-13(16)8-12/h5-9,11H,4H2,1-3H3,(H2,17,18,19,20). The molecule has 2 N–H and O–H groups in total. The van der Waals surface area contributed by atoms with E-state index in [1.807, 2.05) is 38.1 Å². The number of nitrogens with one attached hydrogen (secondary N) is 2. The highest BCUT2D eigenvalue weighted by Crippen LogP contribution is 2.24. The Labute approximate surface area is 124 Å². The molecule has 1 aromatic heterocycles. The highest BCUT2D eigenvalue weighted by atomic mass is 35.5. The fourth-order valence-corrected chi connectivity index (χ4v) is 2.20. The van der Waals surface area contributed by atoms with E-state index in [0.717, 1.165) is 34.3 Å². The number of rotatable bonds is 5. The van der Waals surface area contributed by atoms with Crippen molar-refractivity contribution in [2.24, 2.45) is 0 Å². The summed E-state index contributed by atoms with van der Waals surface area (Å²) in [4.78, 5) is 8.55. The Morgan fingerprint density at radius 3 is 2.70 bits per heavy atom. The van der Waals surface area contributed by atoms with Crippen LogP contribution in [0, 0.1) is 6.92 Å². The summed E-state index contributed by atoms with van der Waals surface area (Å²) in [6.07, 6.45) is 1.57. The van der Waals surface area contributed by atoms with Crippen molar-refractivity contribution in [1.82, 2.24) is 9.97 Å². The van der Waals surface area contributed by atoms with Crippen LogP contribution in [-0.4, -0.2) is 16.5 Å². The summed E-state index contributed by atoms with van der Waals surface area (Å²) in [7, 11) is 0. The van der Waals surface area contributed by atoms with Crippen molar-refractivity contribution < 1.29 is 0 Å². The van der Waals surface area contributed by atoms with Gasteiger partial charge >= 0.3 is 0 Å². The van der Waals surface area contributed by atoms with Crippen molar-refractivity contribution >= 4 is 23.2 Å². The minimum absolute atomic E-state index is 0.122. The third kappa shape index (κ3) is 3.39. The average Bonchev–Trinajstić information content (AvgIpc) is 2.43. The lowest BCUT2D eigenvalue weighted by atomic mass is 10.1. The van der Waals surface area contributed by atoms with E-state index in [-0.39, 0.29) is 6.04 Å². The van der Waals surface area contributed by atoms with Gasteiger partial charge in [0.2, 0.25) is 0 Å². The largest absolute Gasteiger partial charge is 0.370 e. The molecule has 1 aromatic carbocycles. The second-order valence-corrected chi connectivity index (χ2v) is 5.08. The number of hydrogen-bond acceptors (Lipinski definition) is 4. The second-order valence-electron chi connectivity index (χ2n) is 4.65. The monoisotopic (exact) mass is 290 g/mol. The summed E-state index contributed by atoms with van der Waals surface area (Å²) in [6.45, 7) is 6.97. The Morgan fingerprint density at radius 1 is 1.25 bits per heavy atom. The van der Waals surface area contributed by atoms with Crippen LogP contribution in [0.3, 0.4) is 0 Å². The van der Waals surface area contributed by atoms with Gasteiger partial charge in [0.05, 0.1) is 6.04 Å². The molecule has 0 aliphatic heterocycles. The number of anilines is 2. The van der Waals surface area contributed by atoms with Crippen molar-refractivity contribution in [3.63, 3.8) is 0 Å². The van der Waals surface area contributed by atoms with Gasteiger partial charge in [-0.1, -0.05) is 23.7 Å². The molecule has 0 spiro atoms. The zero-order chi connectivity index (χ0) is 14.5. The normalized spacial score (nSPS) is 12.0. The van der Waals surface area contributed by atoms with Gasteiger partial charge in [-0.15, -0.1) is 0 Å². The highest BCUT2D eigenvalue weighted by Gasteiger charge is 2.11. The van der Waals surface area contributed by atoms with E-state index in [9.17, 15) is 0 Å². The Kier molecular flexibility index (Phi) is 4.79. The minimum atomic E-state index is 0.122. The van der Waals surface area contributed by atoms with Gasteiger partial charge in [-0.3, -0.25) is 0 Å². The smallest absolute Gasteiger partial charge is 0.134 e. The van der Waals surface area contributed by atoms with Crippen LogP contribution in [0.2, 0.25) is 5.02 Å². The first-order valence-corrected chi connectivity index (χ1v) is 7.07. The van der Waals surface area contributed by atoms with Gasteiger partial charge in [-0.2, -0.15) is 0 Å². The molecule has 20 heavy (non-hydrogen) atoms. The lowest BCUT2D eigenvalue weighted by molar-refractivity contribution is 0.868. The van der Waals surface area contributed by atoms with Gasteiger partial charge in [0.1, 0.15) is 18.0 Å². The Hall–Kier alpha value is -1.81. The van der Waals surface area contributed by atoms with Gasteiger partial charge < -0.3 is 10.6 Å². The van der Waals surface area contributed by atoms with Crippen molar-refractivity contribution in [3.05, 3.63) is 46.7 Å². The van der Waals surface area contributed by atoms with E-state index in [1.165, 1.54) is 0 Å². The topological polar surface area (TPSA) is 49.8 Å². The molecule has 0 bridgehead atoms. The lowest BCUT2D eigenvalue weighted by Gasteiger charge is -2.18. The molecule has 2 aromatic rings. The molecule has 1 atom stereocenters. The Bertz CT molecular complexity index is 586. The fraction of sp³-hybridized carbons (Fsp3) is 0.333. The molecule has 4 nitrogen and oxygen atoms in total. The van der Waals surface area contributed by atoms with Crippen molar-refractivity contribution in [2.75, 3.05) is 17.2 Å². The first-order valence-electron chi connectivity index (χ1n) is 6.69. The van der Waals surface area contributed by atoms with Gasteiger partial charge in [0.25, 0.3) is 0 Å². The van der Waals surface area contributed by atoms with Crippen LogP contribution in [0.25, 0.3) is 0 Å². The van der Waals surface area contributed by atoms with Crippen LogP contribution in [0.4, 0.5) is 11.6 Å². The quantitative estimate of drug-likeness (QED) is 0.872. The van der Waals surface area contributed by atoms with Gasteiger partial charge in [0, 0.05) is 17.1 Å². The molecule has 0 aliphatic carbocycles. The summed E-state index contributed by atoms with van der Waals surface area (Å²) < 4.78 is 0. The Morgan fingerprint density at radius 2 is 2.00 bits per heavy atom. The van der Waals surface area contributed by atoms with E-state index in [0.29, 0.717) is 0 Å². The molecule has 0 fully saturated rings. The highest BCUT2D eigenvalue weighted by molar-refractivity contribution is 6.30. The predicted octanol–water partition coefficient (Wildman–Crippen LogP) is 4.04. The van der Waals surface area contributed by atoms with Crippen molar-refractivity contribution in [2.45, 2.75) is 26.8 Å². The SMILES string of the molecule is CCNc1ncnc(NC(C)c2cccc(Cl)c2)c1C. The summed E-state index contributed by atoms with van der Waals surface area (Å²) in [5.74, 6) is 1.70. The summed E-state index contributed by atoms with van der Waals surface area (Å²) in [5, 5.41) is 7.37. The zero-order valence-electron chi connectivity index (χ0n) is 11.9. The first kappa shape index (κ1) is 14.6. The number of halogens is 1. The van der Waals surface area contributed by atoms with Crippen LogP contribution >= 0.6 is 11.6 Å². The fourth-order valence-electron chi connectivity index (χ4n) is 2.01. The molecule has 1 heterocycles. The van der Waals surface area contributed by atoms with Gasteiger partial charge in [-0.05, 0) is 38.5 Å². The molecule has 0 amide bonds.